The number of ketones is 1. The van der Waals surface area contributed by atoms with Crippen molar-refractivity contribution in [1.82, 2.24) is 0 Å². The van der Waals surface area contributed by atoms with Crippen molar-refractivity contribution in [2.24, 2.45) is 0 Å². The van der Waals surface area contributed by atoms with Crippen molar-refractivity contribution < 1.29 is 14.7 Å². The molecule has 15 heavy (non-hydrogen) atoms. The predicted octanol–water partition coefficient (Wildman–Crippen LogP) is 3.17. The molecule has 1 rings (SSSR count). The highest BCUT2D eigenvalue weighted by atomic mass is 79.9. The van der Waals surface area contributed by atoms with E-state index >= 15 is 0 Å². The van der Waals surface area contributed by atoms with E-state index in [2.05, 4.69) is 31.9 Å². The van der Waals surface area contributed by atoms with Crippen LogP contribution in [0.4, 0.5) is 0 Å². The zero-order valence-corrected chi connectivity index (χ0v) is 11.0. The largest absolute Gasteiger partial charge is 0.478 e. The van der Waals surface area contributed by atoms with Crippen molar-refractivity contribution in [3.63, 3.8) is 0 Å². The number of carboxylic acids is 1. The molecule has 3 nitrogen and oxygen atoms in total. The number of halogens is 2. The fourth-order valence-corrected chi connectivity index (χ4v) is 1.91. The van der Waals surface area contributed by atoms with Crippen LogP contribution in [-0.2, 0) is 4.79 Å². The first-order chi connectivity index (χ1) is 6.93. The van der Waals surface area contributed by atoms with Gasteiger partial charge in [-0.3, -0.25) is 4.79 Å². The fraction of sp³-hybridized carbons (Fsp3) is 0.200. The summed E-state index contributed by atoms with van der Waals surface area (Å²) in [4.78, 5) is 21.5. The molecule has 0 saturated heterocycles. The van der Waals surface area contributed by atoms with Gasteiger partial charge in [-0.15, -0.1) is 0 Å². The zero-order valence-electron chi connectivity index (χ0n) is 7.83. The maximum absolute atomic E-state index is 11.2. The van der Waals surface area contributed by atoms with Crippen molar-refractivity contribution >= 4 is 43.6 Å². The average molecular weight is 336 g/mol. The third-order valence-corrected chi connectivity index (χ3v) is 3.51. The Bertz CT molecular complexity index is 415. The number of rotatable bonds is 3. The molecule has 0 heterocycles. The standard InChI is InChI=1S/C10H8Br2O3/c1-5(13)9(12)8-4-6(11)2-3-7(8)10(14)15/h2-4,9H,1H3,(H,14,15). The van der Waals surface area contributed by atoms with Crippen LogP contribution >= 0.6 is 31.9 Å². The van der Waals surface area contributed by atoms with Gasteiger partial charge < -0.3 is 5.11 Å². The molecular formula is C10H8Br2O3. The molecule has 1 aromatic carbocycles. The molecule has 1 atom stereocenters. The number of benzene rings is 1. The Balaban J connectivity index is 3.30. The van der Waals surface area contributed by atoms with Gasteiger partial charge in [0.15, 0.2) is 0 Å². The van der Waals surface area contributed by atoms with Gasteiger partial charge in [0, 0.05) is 4.47 Å². The van der Waals surface area contributed by atoms with Crippen molar-refractivity contribution in [3.8, 4) is 0 Å². The normalized spacial score (nSPS) is 12.2. The number of carbonyl (C=O) groups is 2. The lowest BCUT2D eigenvalue weighted by Crippen LogP contribution is -2.08. The molecule has 0 aliphatic heterocycles. The summed E-state index contributed by atoms with van der Waals surface area (Å²) in [5.41, 5.74) is 0.597. The molecule has 80 valence electrons. The van der Waals surface area contributed by atoms with E-state index in [1.165, 1.54) is 13.0 Å². The van der Waals surface area contributed by atoms with Crippen LogP contribution < -0.4 is 0 Å². The number of hydrogen-bond donors (Lipinski definition) is 1. The minimum absolute atomic E-state index is 0.129. The van der Waals surface area contributed by atoms with Crippen LogP contribution in [-0.4, -0.2) is 16.9 Å². The molecule has 0 fully saturated rings. The summed E-state index contributed by atoms with van der Waals surface area (Å²) in [7, 11) is 0. The molecule has 1 N–H and O–H groups in total. The highest BCUT2D eigenvalue weighted by molar-refractivity contribution is 9.10. The second-order valence-corrected chi connectivity index (χ2v) is 4.84. The maximum Gasteiger partial charge on any atom is 0.336 e. The minimum atomic E-state index is -1.04. The number of hydrogen-bond acceptors (Lipinski definition) is 2. The molecule has 5 heteroatoms. The first-order valence-corrected chi connectivity index (χ1v) is 5.81. The summed E-state index contributed by atoms with van der Waals surface area (Å²) in [5.74, 6) is -1.17. The van der Waals surface area contributed by atoms with Crippen LogP contribution in [0.25, 0.3) is 0 Å². The lowest BCUT2D eigenvalue weighted by Gasteiger charge is -2.10. The van der Waals surface area contributed by atoms with E-state index < -0.39 is 10.8 Å². The quantitative estimate of drug-likeness (QED) is 0.863. The van der Waals surface area contributed by atoms with Crippen molar-refractivity contribution in [2.75, 3.05) is 0 Å². The zero-order chi connectivity index (χ0) is 11.6. The van der Waals surface area contributed by atoms with E-state index in [0.29, 0.717) is 5.56 Å². The molecule has 0 bridgehead atoms. The Morgan fingerprint density at radius 3 is 2.47 bits per heavy atom. The van der Waals surface area contributed by atoms with Crippen LogP contribution in [0.5, 0.6) is 0 Å². The second-order valence-electron chi connectivity index (χ2n) is 3.01. The Labute approximate surface area is 104 Å². The van der Waals surface area contributed by atoms with Gasteiger partial charge in [-0.25, -0.2) is 4.79 Å². The van der Waals surface area contributed by atoms with Crippen molar-refractivity contribution in [3.05, 3.63) is 33.8 Å². The van der Waals surface area contributed by atoms with Crippen LogP contribution in [0, 0.1) is 0 Å². The summed E-state index contributed by atoms with van der Waals surface area (Å²) >= 11 is 6.41. The number of carbonyl (C=O) groups excluding carboxylic acids is 1. The van der Waals surface area contributed by atoms with Gasteiger partial charge >= 0.3 is 5.97 Å². The van der Waals surface area contributed by atoms with Crippen LogP contribution in [0.1, 0.15) is 27.7 Å². The number of aromatic carboxylic acids is 1. The number of carboxylic acid groups (broad SMARTS) is 1. The van der Waals surface area contributed by atoms with Gasteiger partial charge in [-0.05, 0) is 30.7 Å². The molecule has 0 aliphatic carbocycles. The van der Waals surface area contributed by atoms with Crippen molar-refractivity contribution in [1.29, 1.82) is 0 Å². The summed E-state index contributed by atoms with van der Waals surface area (Å²) < 4.78 is 0.744. The van der Waals surface area contributed by atoms with Gasteiger partial charge in [0.2, 0.25) is 0 Å². The highest BCUT2D eigenvalue weighted by Gasteiger charge is 2.20. The molecule has 0 aromatic heterocycles. The summed E-state index contributed by atoms with van der Waals surface area (Å²) in [6, 6.07) is 4.73. The molecule has 0 saturated carbocycles. The van der Waals surface area contributed by atoms with Gasteiger partial charge in [-0.1, -0.05) is 31.9 Å². The summed E-state index contributed by atoms with van der Waals surface area (Å²) in [5, 5.41) is 8.94. The topological polar surface area (TPSA) is 54.4 Å². The molecule has 0 radical (unpaired) electrons. The minimum Gasteiger partial charge on any atom is -0.478 e. The smallest absolute Gasteiger partial charge is 0.336 e. The molecule has 0 spiro atoms. The highest BCUT2D eigenvalue weighted by Crippen LogP contribution is 2.29. The first-order valence-electron chi connectivity index (χ1n) is 4.10. The molecular weight excluding hydrogens is 328 g/mol. The summed E-state index contributed by atoms with van der Waals surface area (Å²) in [6.45, 7) is 1.41. The van der Waals surface area contributed by atoms with Gasteiger partial charge in [0.05, 0.1) is 10.4 Å². The molecule has 1 aromatic rings. The number of alkyl halides is 1. The van der Waals surface area contributed by atoms with E-state index in [1.54, 1.807) is 12.1 Å². The third kappa shape index (κ3) is 2.89. The number of Topliss-reactive ketones (excluding diaryl/α,β-unsaturated/α-hetero) is 1. The van der Waals surface area contributed by atoms with E-state index in [-0.39, 0.29) is 11.3 Å². The van der Waals surface area contributed by atoms with Crippen LogP contribution in [0.2, 0.25) is 0 Å². The Morgan fingerprint density at radius 2 is 2.00 bits per heavy atom. The third-order valence-electron chi connectivity index (χ3n) is 1.87. The van der Waals surface area contributed by atoms with Crippen molar-refractivity contribution in [2.45, 2.75) is 11.8 Å². The average Bonchev–Trinajstić information content (AvgIpc) is 2.15. The van der Waals surface area contributed by atoms with Gasteiger partial charge in [0.1, 0.15) is 5.78 Å². The maximum atomic E-state index is 11.2. The van der Waals surface area contributed by atoms with E-state index in [4.69, 9.17) is 5.11 Å². The Morgan fingerprint density at radius 1 is 1.40 bits per heavy atom. The van der Waals surface area contributed by atoms with E-state index in [0.717, 1.165) is 4.47 Å². The lowest BCUT2D eigenvalue weighted by atomic mass is 10.0. The first kappa shape index (κ1) is 12.4. The lowest BCUT2D eigenvalue weighted by molar-refractivity contribution is -0.116. The Kier molecular flexibility index (Phi) is 4.04. The van der Waals surface area contributed by atoms with Crippen LogP contribution in [0.3, 0.4) is 0 Å². The van der Waals surface area contributed by atoms with Crippen LogP contribution in [0.15, 0.2) is 22.7 Å². The molecule has 1 unspecified atom stereocenters. The SMILES string of the molecule is CC(=O)C(Br)c1cc(Br)ccc1C(=O)O. The molecule has 0 amide bonds. The van der Waals surface area contributed by atoms with Gasteiger partial charge in [0.25, 0.3) is 0 Å². The monoisotopic (exact) mass is 334 g/mol. The fourth-order valence-electron chi connectivity index (χ4n) is 1.16. The predicted molar refractivity (Wildman–Crippen MR) is 63.5 cm³/mol. The van der Waals surface area contributed by atoms with E-state index in [9.17, 15) is 9.59 Å². The molecule has 0 aliphatic rings. The van der Waals surface area contributed by atoms with E-state index in [1.807, 2.05) is 0 Å². The van der Waals surface area contributed by atoms with Gasteiger partial charge in [-0.2, -0.15) is 0 Å². The Hall–Kier alpha value is -0.680. The summed E-state index contributed by atoms with van der Waals surface area (Å²) in [6.07, 6.45) is 0. The second kappa shape index (κ2) is 4.90.